The molecule has 0 atom stereocenters. The molecule has 1 N–H and O–H groups in total. The topological polar surface area (TPSA) is 119 Å². The number of nitrogens with zero attached hydrogens (tertiary/aromatic N) is 3. The summed E-state index contributed by atoms with van der Waals surface area (Å²) in [6.45, 7) is 3.07. The average molecular weight is 541 g/mol. The third-order valence-electron chi connectivity index (χ3n) is 4.52. The third-order valence-corrected chi connectivity index (χ3v) is 8.47. The number of anilines is 2. The molecule has 0 unspecified atom stereocenters. The molecule has 1 heterocycles. The van der Waals surface area contributed by atoms with E-state index in [9.17, 15) is 18.0 Å². The van der Waals surface area contributed by atoms with Crippen molar-refractivity contribution in [2.45, 2.75) is 23.1 Å². The number of rotatable bonds is 9. The van der Waals surface area contributed by atoms with E-state index in [2.05, 4.69) is 20.3 Å². The molecule has 3 rings (SSSR count). The molecule has 0 saturated carbocycles. The van der Waals surface area contributed by atoms with E-state index in [1.807, 2.05) is 6.92 Å². The first-order chi connectivity index (χ1) is 16.1. The molecule has 0 spiro atoms. The summed E-state index contributed by atoms with van der Waals surface area (Å²) in [6.07, 6.45) is 0. The van der Waals surface area contributed by atoms with Crippen molar-refractivity contribution >= 4 is 67.4 Å². The van der Waals surface area contributed by atoms with Gasteiger partial charge in [0, 0.05) is 5.02 Å². The van der Waals surface area contributed by atoms with Gasteiger partial charge in [0.05, 0.1) is 23.4 Å². The lowest BCUT2D eigenvalue weighted by atomic mass is 10.2. The summed E-state index contributed by atoms with van der Waals surface area (Å²) in [5.74, 6) is -0.968. The Morgan fingerprint density at radius 3 is 2.50 bits per heavy atom. The number of methoxy groups -OCH3 is 1. The third kappa shape index (κ3) is 6.47. The van der Waals surface area contributed by atoms with Gasteiger partial charge in [0.1, 0.15) is 6.54 Å². The second-order valence-electron chi connectivity index (χ2n) is 7.04. The van der Waals surface area contributed by atoms with Gasteiger partial charge in [0.15, 0.2) is 4.34 Å². The molecular weight excluding hydrogens is 520 g/mol. The van der Waals surface area contributed by atoms with Crippen LogP contribution in [0.2, 0.25) is 5.02 Å². The molecule has 0 aliphatic carbocycles. The summed E-state index contributed by atoms with van der Waals surface area (Å²) in [7, 11) is -2.78. The van der Waals surface area contributed by atoms with Crippen molar-refractivity contribution in [2.24, 2.45) is 0 Å². The number of ether oxygens (including phenoxy) is 1. The monoisotopic (exact) mass is 540 g/mol. The fourth-order valence-electron chi connectivity index (χ4n) is 2.82. The summed E-state index contributed by atoms with van der Waals surface area (Å²) in [4.78, 5) is 24.2. The molecule has 0 bridgehead atoms. The van der Waals surface area contributed by atoms with Gasteiger partial charge < -0.3 is 4.74 Å². The zero-order chi connectivity index (χ0) is 24.9. The molecule has 180 valence electrons. The minimum absolute atomic E-state index is 0.0531. The second-order valence-corrected chi connectivity index (χ2v) is 11.5. The number of hydrogen-bond acceptors (Lipinski definition) is 9. The molecule has 0 fully saturated rings. The van der Waals surface area contributed by atoms with Crippen LogP contribution >= 0.6 is 34.7 Å². The van der Waals surface area contributed by atoms with Crippen LogP contribution in [0.1, 0.15) is 11.1 Å². The predicted octanol–water partition coefficient (Wildman–Crippen LogP) is 3.91. The van der Waals surface area contributed by atoms with E-state index in [-0.39, 0.29) is 15.8 Å². The highest BCUT2D eigenvalue weighted by atomic mass is 35.5. The van der Waals surface area contributed by atoms with Gasteiger partial charge in [-0.3, -0.25) is 19.2 Å². The van der Waals surface area contributed by atoms with Crippen LogP contribution in [0.3, 0.4) is 0 Å². The number of sulfonamides is 1. The van der Waals surface area contributed by atoms with Crippen LogP contribution in [0.25, 0.3) is 0 Å². The molecule has 0 radical (unpaired) electrons. The number of nitrogens with one attached hydrogen (secondary N) is 1. The lowest BCUT2D eigenvalue weighted by Crippen LogP contribution is -2.38. The normalized spacial score (nSPS) is 11.2. The standard InChI is InChI=1S/C21H21ClN4O5S3/c1-13-4-7-16(8-5-13)34(29,30)26(17-9-6-15(22)10-14(17)2)11-18(27)23-20-24-25-21(33-20)32-12-19(28)31-3/h4-10H,11-12H2,1-3H3,(H,23,24,27). The van der Waals surface area contributed by atoms with E-state index in [0.29, 0.717) is 20.6 Å². The Morgan fingerprint density at radius 1 is 1.15 bits per heavy atom. The van der Waals surface area contributed by atoms with E-state index < -0.39 is 28.4 Å². The minimum atomic E-state index is -4.07. The smallest absolute Gasteiger partial charge is 0.316 e. The molecule has 0 aliphatic rings. The number of aromatic nitrogens is 2. The Labute approximate surface area is 210 Å². The summed E-state index contributed by atoms with van der Waals surface area (Å²) < 4.78 is 33.1. The van der Waals surface area contributed by atoms with Crippen LogP contribution in [0, 0.1) is 13.8 Å². The summed E-state index contributed by atoms with van der Waals surface area (Å²) in [5, 5.41) is 11.0. The van der Waals surface area contributed by atoms with Gasteiger partial charge in [-0.25, -0.2) is 8.42 Å². The first-order valence-corrected chi connectivity index (χ1v) is 13.4. The van der Waals surface area contributed by atoms with Crippen molar-refractivity contribution in [1.82, 2.24) is 10.2 Å². The number of hydrogen-bond donors (Lipinski definition) is 1. The molecule has 0 saturated heterocycles. The van der Waals surface area contributed by atoms with Crippen molar-refractivity contribution in [3.8, 4) is 0 Å². The number of thioether (sulfide) groups is 1. The van der Waals surface area contributed by atoms with Crippen LogP contribution < -0.4 is 9.62 Å². The highest BCUT2D eigenvalue weighted by Gasteiger charge is 2.28. The predicted molar refractivity (Wildman–Crippen MR) is 133 cm³/mol. The SMILES string of the molecule is COC(=O)CSc1nnc(NC(=O)CN(c2ccc(Cl)cc2C)S(=O)(=O)c2ccc(C)cc2)s1. The lowest BCUT2D eigenvalue weighted by Gasteiger charge is -2.25. The Balaban J connectivity index is 1.84. The zero-order valence-electron chi connectivity index (χ0n) is 18.4. The quantitative estimate of drug-likeness (QED) is 0.246. The van der Waals surface area contributed by atoms with Gasteiger partial charge in [-0.15, -0.1) is 10.2 Å². The van der Waals surface area contributed by atoms with Crippen molar-refractivity contribution < 1.29 is 22.7 Å². The van der Waals surface area contributed by atoms with E-state index in [0.717, 1.165) is 33.0 Å². The van der Waals surface area contributed by atoms with Crippen LogP contribution in [0.5, 0.6) is 0 Å². The number of carbonyl (C=O) groups excluding carboxylic acids is 2. The molecule has 3 aromatic rings. The molecule has 13 heteroatoms. The number of aryl methyl sites for hydroxylation is 2. The highest BCUT2D eigenvalue weighted by Crippen LogP contribution is 2.30. The van der Waals surface area contributed by atoms with Gasteiger partial charge in [-0.05, 0) is 49.7 Å². The molecular formula is C21H21ClN4O5S3. The number of halogens is 1. The first-order valence-electron chi connectivity index (χ1n) is 9.78. The maximum atomic E-state index is 13.5. The first kappa shape index (κ1) is 25.9. The van der Waals surface area contributed by atoms with Crippen LogP contribution in [0.15, 0.2) is 51.7 Å². The Bertz CT molecular complexity index is 1300. The Morgan fingerprint density at radius 2 is 1.85 bits per heavy atom. The largest absolute Gasteiger partial charge is 0.468 e. The lowest BCUT2D eigenvalue weighted by molar-refractivity contribution is -0.137. The zero-order valence-corrected chi connectivity index (χ0v) is 21.6. The number of amides is 1. The maximum Gasteiger partial charge on any atom is 0.316 e. The molecule has 2 aromatic carbocycles. The van der Waals surface area contributed by atoms with E-state index in [1.54, 1.807) is 37.3 Å². The molecule has 34 heavy (non-hydrogen) atoms. The van der Waals surface area contributed by atoms with Crippen molar-refractivity contribution in [3.63, 3.8) is 0 Å². The van der Waals surface area contributed by atoms with Crippen LogP contribution in [-0.4, -0.2) is 49.9 Å². The minimum Gasteiger partial charge on any atom is -0.468 e. The molecule has 9 nitrogen and oxygen atoms in total. The highest BCUT2D eigenvalue weighted by molar-refractivity contribution is 8.01. The van der Waals surface area contributed by atoms with E-state index in [4.69, 9.17) is 11.6 Å². The van der Waals surface area contributed by atoms with Gasteiger partial charge in [-0.2, -0.15) is 0 Å². The second kappa shape index (κ2) is 11.2. The maximum absolute atomic E-state index is 13.5. The Hall–Kier alpha value is -2.67. The summed E-state index contributed by atoms with van der Waals surface area (Å²) in [6, 6.07) is 11.1. The molecule has 0 aliphatic heterocycles. The fraction of sp³-hybridized carbons (Fsp3) is 0.238. The van der Waals surface area contributed by atoms with Crippen molar-refractivity contribution in [1.29, 1.82) is 0 Å². The summed E-state index contributed by atoms with van der Waals surface area (Å²) >= 11 is 8.23. The fourth-order valence-corrected chi connectivity index (χ4v) is 6.14. The number of carbonyl (C=O) groups is 2. The van der Waals surface area contributed by atoms with Gasteiger partial charge in [0.2, 0.25) is 11.0 Å². The van der Waals surface area contributed by atoms with Crippen molar-refractivity contribution in [2.75, 3.05) is 29.0 Å². The number of benzene rings is 2. The Kier molecular flexibility index (Phi) is 8.52. The molecule has 1 amide bonds. The van der Waals surface area contributed by atoms with E-state index in [1.165, 1.54) is 19.2 Å². The van der Waals surface area contributed by atoms with Gasteiger partial charge in [-0.1, -0.05) is 52.4 Å². The van der Waals surface area contributed by atoms with Gasteiger partial charge >= 0.3 is 5.97 Å². The van der Waals surface area contributed by atoms with Gasteiger partial charge in [0.25, 0.3) is 10.0 Å². The van der Waals surface area contributed by atoms with Crippen LogP contribution in [-0.2, 0) is 24.3 Å². The molecule has 1 aromatic heterocycles. The number of esters is 1. The van der Waals surface area contributed by atoms with Crippen LogP contribution in [0.4, 0.5) is 10.8 Å². The summed E-state index contributed by atoms with van der Waals surface area (Å²) in [5.41, 5.74) is 1.82. The van der Waals surface area contributed by atoms with E-state index >= 15 is 0 Å². The van der Waals surface area contributed by atoms with Crippen molar-refractivity contribution in [3.05, 3.63) is 58.6 Å². The average Bonchev–Trinajstić information content (AvgIpc) is 3.23.